The number of hydrogen-bond acceptors (Lipinski definition) is 4. The number of halogens is 1. The molecule has 0 radical (unpaired) electrons. The molecule has 2 aromatic heterocycles. The number of thiophene rings is 1. The Morgan fingerprint density at radius 3 is 3.08 bits per heavy atom. The van der Waals surface area contributed by atoms with E-state index in [9.17, 15) is 0 Å². The summed E-state index contributed by atoms with van der Waals surface area (Å²) >= 11 is 3.80. The van der Waals surface area contributed by atoms with Crippen molar-refractivity contribution in [3.8, 4) is 10.7 Å². The Kier molecular flexibility index (Phi) is 2.40. The van der Waals surface area contributed by atoms with Crippen LogP contribution < -0.4 is 0 Å². The monoisotopic (exact) mass is 292 g/mol. The normalized spacial score (nSPS) is 10.4. The molecule has 0 spiro atoms. The lowest BCUT2D eigenvalue weighted by atomic mass is 10.4. The van der Waals surface area contributed by atoms with Gasteiger partial charge in [0.15, 0.2) is 0 Å². The van der Waals surface area contributed by atoms with E-state index in [0.717, 1.165) is 9.30 Å². The van der Waals surface area contributed by atoms with Crippen LogP contribution in [-0.2, 0) is 4.43 Å². The van der Waals surface area contributed by atoms with E-state index in [-0.39, 0.29) is 0 Å². The zero-order chi connectivity index (χ0) is 8.39. The van der Waals surface area contributed by atoms with Crippen LogP contribution in [-0.4, -0.2) is 10.1 Å². The molecule has 0 atom stereocenters. The predicted molar refractivity (Wildman–Crippen MR) is 55.3 cm³/mol. The minimum atomic E-state index is 0.680. The van der Waals surface area contributed by atoms with Gasteiger partial charge in [-0.2, -0.15) is 4.98 Å². The van der Waals surface area contributed by atoms with Crippen molar-refractivity contribution in [2.24, 2.45) is 0 Å². The molecular weight excluding hydrogens is 287 g/mol. The number of alkyl halides is 1. The van der Waals surface area contributed by atoms with Gasteiger partial charge < -0.3 is 4.52 Å². The van der Waals surface area contributed by atoms with E-state index < -0.39 is 0 Å². The van der Waals surface area contributed by atoms with Crippen molar-refractivity contribution in [3.63, 3.8) is 0 Å². The first-order valence-electron chi connectivity index (χ1n) is 3.32. The smallest absolute Gasteiger partial charge is 0.236 e. The molecule has 0 bridgehead atoms. The summed E-state index contributed by atoms with van der Waals surface area (Å²) < 4.78 is 5.74. The van der Waals surface area contributed by atoms with E-state index in [4.69, 9.17) is 4.52 Å². The molecule has 0 aromatic carbocycles. The molecule has 3 nitrogen and oxygen atoms in total. The molecule has 0 saturated carbocycles. The molecule has 0 saturated heterocycles. The standard InChI is InChI=1S/C7H5IN2OS/c8-4-6-9-7(10-11-6)5-2-1-3-12-5/h1-3H,4H2. The first-order chi connectivity index (χ1) is 5.90. The van der Waals surface area contributed by atoms with Gasteiger partial charge in [-0.1, -0.05) is 33.8 Å². The van der Waals surface area contributed by atoms with Gasteiger partial charge in [0, 0.05) is 0 Å². The number of nitrogens with zero attached hydrogens (tertiary/aromatic N) is 2. The summed E-state index contributed by atoms with van der Waals surface area (Å²) in [5, 5.41) is 5.84. The fourth-order valence-electron chi connectivity index (χ4n) is 0.815. The van der Waals surface area contributed by atoms with Gasteiger partial charge in [-0.25, -0.2) is 0 Å². The molecule has 0 fully saturated rings. The Morgan fingerprint density at radius 2 is 2.50 bits per heavy atom. The topological polar surface area (TPSA) is 38.9 Å². The molecule has 2 rings (SSSR count). The van der Waals surface area contributed by atoms with Gasteiger partial charge in [0.25, 0.3) is 0 Å². The molecule has 0 amide bonds. The highest BCUT2D eigenvalue weighted by atomic mass is 127. The van der Waals surface area contributed by atoms with Crippen LogP contribution in [0.25, 0.3) is 10.7 Å². The summed E-state index contributed by atoms with van der Waals surface area (Å²) in [5.74, 6) is 1.37. The van der Waals surface area contributed by atoms with E-state index >= 15 is 0 Å². The van der Waals surface area contributed by atoms with Crippen LogP contribution >= 0.6 is 33.9 Å². The Labute approximate surface area is 86.9 Å². The highest BCUT2D eigenvalue weighted by Crippen LogP contribution is 2.21. The van der Waals surface area contributed by atoms with Crippen molar-refractivity contribution in [2.45, 2.75) is 4.43 Å². The lowest BCUT2D eigenvalue weighted by Gasteiger charge is -1.81. The van der Waals surface area contributed by atoms with Crippen LogP contribution in [0.1, 0.15) is 5.89 Å². The van der Waals surface area contributed by atoms with Crippen molar-refractivity contribution in [1.82, 2.24) is 10.1 Å². The molecule has 62 valence electrons. The fraction of sp³-hybridized carbons (Fsp3) is 0.143. The van der Waals surface area contributed by atoms with Crippen molar-refractivity contribution < 1.29 is 4.52 Å². The van der Waals surface area contributed by atoms with Crippen molar-refractivity contribution in [2.75, 3.05) is 0 Å². The summed E-state index contributed by atoms with van der Waals surface area (Å²) in [6.07, 6.45) is 0. The van der Waals surface area contributed by atoms with Gasteiger partial charge in [-0.3, -0.25) is 0 Å². The molecule has 0 unspecified atom stereocenters. The molecule has 2 aromatic rings. The van der Waals surface area contributed by atoms with Gasteiger partial charge in [-0.05, 0) is 11.4 Å². The van der Waals surface area contributed by atoms with Crippen LogP contribution in [0.15, 0.2) is 22.0 Å². The average Bonchev–Trinajstić information content (AvgIpc) is 2.75. The molecule has 0 aliphatic rings. The third-order valence-electron chi connectivity index (χ3n) is 1.32. The Balaban J connectivity index is 2.35. The highest BCUT2D eigenvalue weighted by molar-refractivity contribution is 14.1. The van der Waals surface area contributed by atoms with Crippen LogP contribution in [0.4, 0.5) is 0 Å². The SMILES string of the molecule is ICc1nc(-c2cccs2)no1. The highest BCUT2D eigenvalue weighted by Gasteiger charge is 2.07. The molecule has 0 N–H and O–H groups in total. The minimum absolute atomic E-state index is 0.680. The number of hydrogen-bond donors (Lipinski definition) is 0. The van der Waals surface area contributed by atoms with Crippen LogP contribution in [0, 0.1) is 0 Å². The maximum absolute atomic E-state index is 4.98. The second kappa shape index (κ2) is 3.53. The van der Waals surface area contributed by atoms with Gasteiger partial charge in [0.2, 0.25) is 11.7 Å². The van der Waals surface area contributed by atoms with Crippen molar-refractivity contribution in [3.05, 3.63) is 23.4 Å². The van der Waals surface area contributed by atoms with Gasteiger partial charge in [0.05, 0.1) is 9.30 Å². The Bertz CT molecular complexity index is 357. The zero-order valence-corrected chi connectivity index (χ0v) is 9.00. The zero-order valence-electron chi connectivity index (χ0n) is 6.03. The van der Waals surface area contributed by atoms with Gasteiger partial charge in [0.1, 0.15) is 0 Å². The summed E-state index contributed by atoms with van der Waals surface area (Å²) in [5.41, 5.74) is 0. The lowest BCUT2D eigenvalue weighted by molar-refractivity contribution is 0.393. The van der Waals surface area contributed by atoms with Crippen LogP contribution in [0.5, 0.6) is 0 Å². The van der Waals surface area contributed by atoms with Crippen molar-refractivity contribution >= 4 is 33.9 Å². The quantitative estimate of drug-likeness (QED) is 0.631. The first-order valence-corrected chi connectivity index (χ1v) is 5.73. The third-order valence-corrected chi connectivity index (χ3v) is 2.84. The van der Waals surface area contributed by atoms with Gasteiger partial charge in [-0.15, -0.1) is 11.3 Å². The fourth-order valence-corrected chi connectivity index (χ4v) is 1.77. The second-order valence-corrected chi connectivity index (χ2v) is 3.83. The second-order valence-electron chi connectivity index (χ2n) is 2.12. The van der Waals surface area contributed by atoms with E-state index in [1.807, 2.05) is 17.5 Å². The summed E-state index contributed by atoms with van der Waals surface area (Å²) in [4.78, 5) is 5.25. The van der Waals surface area contributed by atoms with E-state index in [2.05, 4.69) is 32.7 Å². The minimum Gasteiger partial charge on any atom is -0.338 e. The maximum Gasteiger partial charge on any atom is 0.236 e. The van der Waals surface area contributed by atoms with E-state index in [1.54, 1.807) is 11.3 Å². The lowest BCUT2D eigenvalue weighted by Crippen LogP contribution is -1.76. The average molecular weight is 292 g/mol. The van der Waals surface area contributed by atoms with Crippen LogP contribution in [0.2, 0.25) is 0 Å². The summed E-state index contributed by atoms with van der Waals surface area (Å²) in [6.45, 7) is 0. The molecular formula is C7H5IN2OS. The largest absolute Gasteiger partial charge is 0.338 e. The van der Waals surface area contributed by atoms with Crippen molar-refractivity contribution in [1.29, 1.82) is 0 Å². The molecule has 12 heavy (non-hydrogen) atoms. The van der Waals surface area contributed by atoms with E-state index in [1.165, 1.54) is 0 Å². The van der Waals surface area contributed by atoms with E-state index in [0.29, 0.717) is 11.7 Å². The Hall–Kier alpha value is -0.430. The maximum atomic E-state index is 4.98. The molecule has 0 aliphatic heterocycles. The van der Waals surface area contributed by atoms with Gasteiger partial charge >= 0.3 is 0 Å². The number of rotatable bonds is 2. The number of aromatic nitrogens is 2. The third kappa shape index (κ3) is 1.51. The summed E-state index contributed by atoms with van der Waals surface area (Å²) in [6, 6.07) is 3.95. The molecule has 2 heterocycles. The molecule has 0 aliphatic carbocycles. The van der Waals surface area contributed by atoms with Crippen LogP contribution in [0.3, 0.4) is 0 Å². The first kappa shape index (κ1) is 8.18. The Morgan fingerprint density at radius 1 is 1.58 bits per heavy atom. The molecule has 5 heteroatoms. The predicted octanol–water partition coefficient (Wildman–Crippen LogP) is 2.73. The summed E-state index contributed by atoms with van der Waals surface area (Å²) in [7, 11) is 0.